The number of thiazole rings is 1. The number of amides is 1. The molecule has 0 radical (unpaired) electrons. The third-order valence-corrected chi connectivity index (χ3v) is 4.64. The Morgan fingerprint density at radius 1 is 1.56 bits per heavy atom. The minimum Gasteiger partial charge on any atom is -0.342 e. The SMILES string of the molecule is Cc1nc(C)c(C(C)NCC(=O)N(C)C2CC2)s1. The molecule has 1 aromatic heterocycles. The van der Waals surface area contributed by atoms with E-state index in [0.717, 1.165) is 23.5 Å². The number of aromatic nitrogens is 1. The number of likely N-dealkylation sites (N-methyl/N-ethyl adjacent to an activating group) is 1. The van der Waals surface area contributed by atoms with Crippen molar-refractivity contribution < 1.29 is 4.79 Å². The van der Waals surface area contributed by atoms with Crippen LogP contribution in [-0.2, 0) is 4.79 Å². The molecule has 0 aromatic carbocycles. The molecule has 100 valence electrons. The van der Waals surface area contributed by atoms with Gasteiger partial charge in [-0.3, -0.25) is 4.79 Å². The summed E-state index contributed by atoms with van der Waals surface area (Å²) in [5, 5.41) is 4.38. The highest BCUT2D eigenvalue weighted by molar-refractivity contribution is 7.11. The van der Waals surface area contributed by atoms with Crippen LogP contribution < -0.4 is 5.32 Å². The van der Waals surface area contributed by atoms with Gasteiger partial charge in [0.2, 0.25) is 5.91 Å². The molecule has 1 fully saturated rings. The molecule has 1 saturated carbocycles. The Kier molecular flexibility index (Phi) is 4.02. The molecule has 2 rings (SSSR count). The van der Waals surface area contributed by atoms with E-state index in [1.807, 2.05) is 25.8 Å². The fourth-order valence-electron chi connectivity index (χ4n) is 2.07. The van der Waals surface area contributed by atoms with Crippen molar-refractivity contribution in [2.45, 2.75) is 45.7 Å². The summed E-state index contributed by atoms with van der Waals surface area (Å²) in [7, 11) is 1.90. The average Bonchev–Trinajstić information content (AvgIpc) is 3.10. The number of carbonyl (C=O) groups excluding carboxylic acids is 1. The van der Waals surface area contributed by atoms with E-state index in [4.69, 9.17) is 0 Å². The van der Waals surface area contributed by atoms with Crippen LogP contribution in [0.2, 0.25) is 0 Å². The quantitative estimate of drug-likeness (QED) is 0.888. The van der Waals surface area contributed by atoms with Crippen molar-refractivity contribution in [3.8, 4) is 0 Å². The topological polar surface area (TPSA) is 45.2 Å². The van der Waals surface area contributed by atoms with Gasteiger partial charge >= 0.3 is 0 Å². The second-order valence-electron chi connectivity index (χ2n) is 5.02. The number of carbonyl (C=O) groups is 1. The van der Waals surface area contributed by atoms with Gasteiger partial charge in [-0.25, -0.2) is 4.98 Å². The minimum absolute atomic E-state index is 0.184. The highest BCUT2D eigenvalue weighted by Crippen LogP contribution is 2.26. The summed E-state index contributed by atoms with van der Waals surface area (Å²) in [4.78, 5) is 19.4. The molecule has 1 N–H and O–H groups in total. The summed E-state index contributed by atoms with van der Waals surface area (Å²) in [6.45, 7) is 6.53. The maximum Gasteiger partial charge on any atom is 0.236 e. The monoisotopic (exact) mass is 267 g/mol. The Balaban J connectivity index is 1.86. The van der Waals surface area contributed by atoms with Crippen LogP contribution >= 0.6 is 11.3 Å². The second kappa shape index (κ2) is 5.36. The van der Waals surface area contributed by atoms with Crippen molar-refractivity contribution in [2.75, 3.05) is 13.6 Å². The molecule has 1 aromatic rings. The largest absolute Gasteiger partial charge is 0.342 e. The van der Waals surface area contributed by atoms with Gasteiger partial charge in [0.25, 0.3) is 0 Å². The number of nitrogens with zero attached hydrogens (tertiary/aromatic N) is 2. The van der Waals surface area contributed by atoms with Gasteiger partial charge in [-0.2, -0.15) is 0 Å². The van der Waals surface area contributed by atoms with Crippen LogP contribution in [0, 0.1) is 13.8 Å². The van der Waals surface area contributed by atoms with Gasteiger partial charge in [-0.05, 0) is 33.6 Å². The number of aryl methyl sites for hydroxylation is 2. The van der Waals surface area contributed by atoms with Gasteiger partial charge in [-0.1, -0.05) is 0 Å². The van der Waals surface area contributed by atoms with Crippen molar-refractivity contribution in [1.29, 1.82) is 0 Å². The first-order chi connectivity index (χ1) is 8.49. The highest BCUT2D eigenvalue weighted by Gasteiger charge is 2.29. The Morgan fingerprint density at radius 2 is 2.22 bits per heavy atom. The van der Waals surface area contributed by atoms with Gasteiger partial charge < -0.3 is 10.2 Å². The fraction of sp³-hybridized carbons (Fsp3) is 0.692. The van der Waals surface area contributed by atoms with Gasteiger partial charge in [-0.15, -0.1) is 11.3 Å². The van der Waals surface area contributed by atoms with E-state index >= 15 is 0 Å². The molecule has 1 heterocycles. The predicted molar refractivity (Wildman–Crippen MR) is 73.8 cm³/mol. The van der Waals surface area contributed by atoms with E-state index < -0.39 is 0 Å². The lowest BCUT2D eigenvalue weighted by Gasteiger charge is -2.18. The summed E-state index contributed by atoms with van der Waals surface area (Å²) >= 11 is 1.70. The van der Waals surface area contributed by atoms with E-state index in [-0.39, 0.29) is 11.9 Å². The predicted octanol–water partition coefficient (Wildman–Crippen LogP) is 2.03. The molecule has 0 spiro atoms. The molecule has 5 heteroatoms. The molecular formula is C13H21N3OS. The van der Waals surface area contributed by atoms with Crippen LogP contribution in [0.5, 0.6) is 0 Å². The first-order valence-electron chi connectivity index (χ1n) is 6.42. The fourth-order valence-corrected chi connectivity index (χ4v) is 3.03. The molecule has 1 amide bonds. The Hall–Kier alpha value is -0.940. The third kappa shape index (κ3) is 3.09. The molecule has 4 nitrogen and oxygen atoms in total. The summed E-state index contributed by atoms with van der Waals surface area (Å²) in [6, 6.07) is 0.676. The smallest absolute Gasteiger partial charge is 0.236 e. The lowest BCUT2D eigenvalue weighted by atomic mass is 10.2. The van der Waals surface area contributed by atoms with Gasteiger partial charge in [0, 0.05) is 24.0 Å². The first-order valence-corrected chi connectivity index (χ1v) is 7.23. The lowest BCUT2D eigenvalue weighted by molar-refractivity contribution is -0.129. The maximum absolute atomic E-state index is 11.9. The summed E-state index contributed by atoms with van der Waals surface area (Å²) in [5.74, 6) is 0.184. The summed E-state index contributed by atoms with van der Waals surface area (Å²) in [6.07, 6.45) is 2.32. The average molecular weight is 267 g/mol. The van der Waals surface area contributed by atoms with Crippen molar-refractivity contribution in [3.05, 3.63) is 15.6 Å². The summed E-state index contributed by atoms with van der Waals surface area (Å²) in [5.41, 5.74) is 1.07. The highest BCUT2D eigenvalue weighted by atomic mass is 32.1. The van der Waals surface area contributed by atoms with E-state index in [0.29, 0.717) is 12.6 Å². The van der Waals surface area contributed by atoms with Crippen LogP contribution in [0.15, 0.2) is 0 Å². The van der Waals surface area contributed by atoms with Crippen molar-refractivity contribution >= 4 is 17.2 Å². The molecule has 1 aliphatic rings. The molecule has 1 atom stereocenters. The molecular weight excluding hydrogens is 246 g/mol. The van der Waals surface area contributed by atoms with Gasteiger partial charge in [0.15, 0.2) is 0 Å². The second-order valence-corrected chi connectivity index (χ2v) is 6.26. The van der Waals surface area contributed by atoms with E-state index in [9.17, 15) is 4.79 Å². The van der Waals surface area contributed by atoms with Crippen LogP contribution in [0.4, 0.5) is 0 Å². The zero-order chi connectivity index (χ0) is 13.3. The van der Waals surface area contributed by atoms with Gasteiger partial charge in [0.05, 0.1) is 17.2 Å². The molecule has 0 saturated heterocycles. The lowest BCUT2D eigenvalue weighted by Crippen LogP contribution is -2.37. The van der Waals surface area contributed by atoms with Crippen LogP contribution in [0.3, 0.4) is 0 Å². The number of hydrogen-bond acceptors (Lipinski definition) is 4. The third-order valence-electron chi connectivity index (χ3n) is 3.38. The van der Waals surface area contributed by atoms with Crippen molar-refractivity contribution in [3.63, 3.8) is 0 Å². The first kappa shape index (κ1) is 13.5. The number of nitrogens with one attached hydrogen (secondary N) is 1. The Labute approximate surface area is 112 Å². The van der Waals surface area contributed by atoms with E-state index in [1.54, 1.807) is 11.3 Å². The number of rotatable bonds is 5. The van der Waals surface area contributed by atoms with Crippen LogP contribution in [0.1, 0.15) is 41.4 Å². The molecule has 1 aliphatic carbocycles. The van der Waals surface area contributed by atoms with Crippen molar-refractivity contribution in [2.24, 2.45) is 0 Å². The van der Waals surface area contributed by atoms with Gasteiger partial charge in [0.1, 0.15) is 0 Å². The maximum atomic E-state index is 11.9. The Morgan fingerprint density at radius 3 is 2.72 bits per heavy atom. The number of hydrogen-bond donors (Lipinski definition) is 1. The molecule has 0 bridgehead atoms. The van der Waals surface area contributed by atoms with Crippen LogP contribution in [-0.4, -0.2) is 35.4 Å². The zero-order valence-electron chi connectivity index (χ0n) is 11.5. The summed E-state index contributed by atoms with van der Waals surface area (Å²) < 4.78 is 0. The van der Waals surface area contributed by atoms with E-state index in [2.05, 4.69) is 17.2 Å². The van der Waals surface area contributed by atoms with Crippen LogP contribution in [0.25, 0.3) is 0 Å². The molecule has 0 aliphatic heterocycles. The minimum atomic E-state index is 0.184. The zero-order valence-corrected chi connectivity index (χ0v) is 12.3. The van der Waals surface area contributed by atoms with Crippen molar-refractivity contribution in [1.82, 2.24) is 15.2 Å². The molecule has 1 unspecified atom stereocenters. The standard InChI is InChI=1S/C13H21N3OS/c1-8(13-9(2)15-10(3)18-13)14-7-12(17)16(4)11-5-6-11/h8,11,14H,5-7H2,1-4H3. The Bertz CT molecular complexity index is 439. The normalized spacial score (nSPS) is 16.7. The molecule has 18 heavy (non-hydrogen) atoms. The van der Waals surface area contributed by atoms with E-state index in [1.165, 1.54) is 4.88 Å².